The highest BCUT2D eigenvalue weighted by Crippen LogP contribution is 2.21. The van der Waals surface area contributed by atoms with Crippen LogP contribution in [0.3, 0.4) is 0 Å². The molecule has 0 spiro atoms. The van der Waals surface area contributed by atoms with Crippen LogP contribution in [0.1, 0.15) is 21.6 Å². The molecule has 6 nitrogen and oxygen atoms in total. The molecule has 0 fully saturated rings. The third-order valence-corrected chi connectivity index (χ3v) is 3.00. The molecule has 2 heterocycles. The Hall–Kier alpha value is -2.11. The monoisotopic (exact) mass is 249 g/mol. The summed E-state index contributed by atoms with van der Waals surface area (Å²) in [6, 6.07) is 1.37. The van der Waals surface area contributed by atoms with Gasteiger partial charge in [-0.2, -0.15) is 0 Å². The molecule has 1 aromatic heterocycles. The van der Waals surface area contributed by atoms with Crippen LogP contribution in [0.4, 0.5) is 4.79 Å². The van der Waals surface area contributed by atoms with Crippen LogP contribution in [0.5, 0.6) is 0 Å². The van der Waals surface area contributed by atoms with Gasteiger partial charge in [-0.15, -0.1) is 0 Å². The maximum Gasteiger partial charge on any atom is 0.336 e. The normalized spacial score (nSPS) is 14.0. The summed E-state index contributed by atoms with van der Waals surface area (Å²) in [6.45, 7) is 0.877. The van der Waals surface area contributed by atoms with Crippen molar-refractivity contribution in [2.24, 2.45) is 0 Å². The Labute approximate surface area is 105 Å². The van der Waals surface area contributed by atoms with E-state index in [0.717, 1.165) is 5.69 Å². The summed E-state index contributed by atoms with van der Waals surface area (Å²) in [5, 5.41) is 9.13. The first-order valence-corrected chi connectivity index (χ1v) is 5.67. The number of amides is 2. The van der Waals surface area contributed by atoms with Crippen molar-refractivity contribution < 1.29 is 14.7 Å². The lowest BCUT2D eigenvalue weighted by Gasteiger charge is -2.31. The van der Waals surface area contributed by atoms with E-state index in [4.69, 9.17) is 5.11 Å². The molecule has 2 amide bonds. The van der Waals surface area contributed by atoms with Crippen molar-refractivity contribution in [3.05, 3.63) is 29.1 Å². The third-order valence-electron chi connectivity index (χ3n) is 3.00. The molecule has 0 atom stereocenters. The van der Waals surface area contributed by atoms with E-state index in [1.165, 1.54) is 17.2 Å². The maximum absolute atomic E-state index is 11.9. The fourth-order valence-corrected chi connectivity index (χ4v) is 2.08. The molecular formula is C12H15N3O3. The van der Waals surface area contributed by atoms with E-state index >= 15 is 0 Å². The first-order valence-electron chi connectivity index (χ1n) is 5.67. The number of urea groups is 1. The van der Waals surface area contributed by atoms with E-state index in [0.29, 0.717) is 25.1 Å². The summed E-state index contributed by atoms with van der Waals surface area (Å²) in [5.74, 6) is -0.979. The van der Waals surface area contributed by atoms with Crippen LogP contribution < -0.4 is 0 Å². The molecule has 1 aromatic rings. The number of hydrogen-bond donors (Lipinski definition) is 1. The van der Waals surface area contributed by atoms with Gasteiger partial charge in [0, 0.05) is 44.5 Å². The Balaban J connectivity index is 2.33. The number of rotatable bonds is 1. The summed E-state index contributed by atoms with van der Waals surface area (Å²) in [7, 11) is 3.36. The number of carboxylic acid groups (broad SMARTS) is 1. The number of nitrogens with zero attached hydrogens (tertiary/aromatic N) is 3. The lowest BCUT2D eigenvalue weighted by molar-refractivity contribution is 0.0693. The van der Waals surface area contributed by atoms with Gasteiger partial charge in [-0.3, -0.25) is 4.98 Å². The summed E-state index contributed by atoms with van der Waals surface area (Å²) < 4.78 is 0. The Morgan fingerprint density at radius 1 is 1.44 bits per heavy atom. The molecule has 0 aromatic carbocycles. The van der Waals surface area contributed by atoms with Gasteiger partial charge in [0.25, 0.3) is 0 Å². The smallest absolute Gasteiger partial charge is 0.336 e. The molecule has 0 radical (unpaired) electrons. The molecular weight excluding hydrogens is 234 g/mol. The molecule has 0 saturated heterocycles. The first-order chi connectivity index (χ1) is 8.50. The van der Waals surface area contributed by atoms with Gasteiger partial charge in [-0.1, -0.05) is 0 Å². The number of carbonyl (C=O) groups is 2. The number of carboxylic acids is 1. The summed E-state index contributed by atoms with van der Waals surface area (Å²) >= 11 is 0. The highest BCUT2D eigenvalue weighted by atomic mass is 16.4. The van der Waals surface area contributed by atoms with Crippen LogP contribution >= 0.6 is 0 Å². The van der Waals surface area contributed by atoms with Crippen molar-refractivity contribution in [2.45, 2.75) is 13.0 Å². The summed E-state index contributed by atoms with van der Waals surface area (Å²) in [5.41, 5.74) is 1.65. The number of pyridine rings is 1. The summed E-state index contributed by atoms with van der Waals surface area (Å²) in [4.78, 5) is 30.3. The topological polar surface area (TPSA) is 73.7 Å². The summed E-state index contributed by atoms with van der Waals surface area (Å²) in [6.07, 6.45) is 2.10. The maximum atomic E-state index is 11.9. The van der Waals surface area contributed by atoms with Crippen LogP contribution in [0.2, 0.25) is 0 Å². The minimum atomic E-state index is -0.979. The Bertz CT molecular complexity index is 499. The van der Waals surface area contributed by atoms with Gasteiger partial charge in [0.15, 0.2) is 0 Å². The van der Waals surface area contributed by atoms with Crippen LogP contribution in [0.15, 0.2) is 12.3 Å². The molecule has 6 heteroatoms. The van der Waals surface area contributed by atoms with E-state index in [1.807, 2.05) is 0 Å². The van der Waals surface area contributed by atoms with E-state index < -0.39 is 5.97 Å². The largest absolute Gasteiger partial charge is 0.478 e. The number of aromatic nitrogens is 1. The van der Waals surface area contributed by atoms with E-state index in [2.05, 4.69) is 4.98 Å². The molecule has 96 valence electrons. The van der Waals surface area contributed by atoms with Gasteiger partial charge in [0.05, 0.1) is 12.1 Å². The molecule has 1 N–H and O–H groups in total. The Kier molecular flexibility index (Phi) is 3.18. The standard InChI is InChI=1S/C12H15N3O3/c1-14(2)12(18)15-6-4-10-9(7-15)8(11(16)17)3-5-13-10/h3,5H,4,6-7H2,1-2H3,(H,16,17). The lowest BCUT2D eigenvalue weighted by atomic mass is 10.0. The van der Waals surface area contributed by atoms with Crippen LogP contribution in [-0.4, -0.2) is 52.5 Å². The predicted octanol–water partition coefficient (Wildman–Crippen LogP) is 0.820. The van der Waals surface area contributed by atoms with Gasteiger partial charge in [0.2, 0.25) is 0 Å². The minimum Gasteiger partial charge on any atom is -0.478 e. The molecule has 1 aliphatic rings. The van der Waals surface area contributed by atoms with Gasteiger partial charge >= 0.3 is 12.0 Å². The average Bonchev–Trinajstić information content (AvgIpc) is 2.36. The Morgan fingerprint density at radius 3 is 2.78 bits per heavy atom. The van der Waals surface area contributed by atoms with Crippen LogP contribution in [-0.2, 0) is 13.0 Å². The molecule has 0 bridgehead atoms. The number of fused-ring (bicyclic) bond motifs is 1. The van der Waals surface area contributed by atoms with Crippen molar-refractivity contribution in [3.63, 3.8) is 0 Å². The third kappa shape index (κ3) is 2.13. The SMILES string of the molecule is CN(C)C(=O)N1CCc2nccc(C(=O)O)c2C1. The molecule has 0 aliphatic carbocycles. The second-order valence-corrected chi connectivity index (χ2v) is 4.44. The van der Waals surface area contributed by atoms with E-state index in [1.54, 1.807) is 19.0 Å². The molecule has 0 saturated carbocycles. The van der Waals surface area contributed by atoms with Crippen LogP contribution in [0, 0.1) is 0 Å². The fraction of sp³-hybridized carbons (Fsp3) is 0.417. The van der Waals surface area contributed by atoms with E-state index in [-0.39, 0.29) is 11.6 Å². The highest BCUT2D eigenvalue weighted by molar-refractivity contribution is 5.89. The van der Waals surface area contributed by atoms with E-state index in [9.17, 15) is 9.59 Å². The van der Waals surface area contributed by atoms with Crippen molar-refractivity contribution in [1.29, 1.82) is 0 Å². The predicted molar refractivity (Wildman–Crippen MR) is 64.4 cm³/mol. The minimum absolute atomic E-state index is 0.110. The molecule has 2 rings (SSSR count). The number of aromatic carboxylic acids is 1. The molecule has 1 aliphatic heterocycles. The quantitative estimate of drug-likeness (QED) is 0.799. The van der Waals surface area contributed by atoms with Crippen LogP contribution in [0.25, 0.3) is 0 Å². The average molecular weight is 249 g/mol. The highest BCUT2D eigenvalue weighted by Gasteiger charge is 2.26. The Morgan fingerprint density at radius 2 is 2.17 bits per heavy atom. The van der Waals surface area contributed by atoms with Gasteiger partial charge in [-0.25, -0.2) is 9.59 Å². The number of carbonyl (C=O) groups excluding carboxylic acids is 1. The second-order valence-electron chi connectivity index (χ2n) is 4.44. The zero-order valence-corrected chi connectivity index (χ0v) is 10.4. The lowest BCUT2D eigenvalue weighted by Crippen LogP contribution is -2.42. The van der Waals surface area contributed by atoms with Crippen molar-refractivity contribution in [2.75, 3.05) is 20.6 Å². The zero-order chi connectivity index (χ0) is 13.3. The number of hydrogen-bond acceptors (Lipinski definition) is 3. The zero-order valence-electron chi connectivity index (χ0n) is 10.4. The van der Waals surface area contributed by atoms with Crippen molar-refractivity contribution >= 4 is 12.0 Å². The van der Waals surface area contributed by atoms with Crippen molar-refractivity contribution in [1.82, 2.24) is 14.8 Å². The van der Waals surface area contributed by atoms with Crippen molar-refractivity contribution in [3.8, 4) is 0 Å². The molecule has 18 heavy (non-hydrogen) atoms. The first kappa shape index (κ1) is 12.3. The van der Waals surface area contributed by atoms with Gasteiger partial charge < -0.3 is 14.9 Å². The second kappa shape index (κ2) is 4.64. The van der Waals surface area contributed by atoms with Gasteiger partial charge in [-0.05, 0) is 6.07 Å². The fourth-order valence-electron chi connectivity index (χ4n) is 2.08. The van der Waals surface area contributed by atoms with Gasteiger partial charge in [0.1, 0.15) is 0 Å². The molecule has 0 unspecified atom stereocenters.